The fourth-order valence-corrected chi connectivity index (χ4v) is 5.01. The Kier molecular flexibility index (Phi) is 4.69. The van der Waals surface area contributed by atoms with E-state index < -0.39 is 11.9 Å². The summed E-state index contributed by atoms with van der Waals surface area (Å²) in [4.78, 5) is 39.1. The van der Waals surface area contributed by atoms with Crippen LogP contribution in [0.5, 0.6) is 23.0 Å². The number of hydrogen-bond acceptors (Lipinski definition) is 8. The van der Waals surface area contributed by atoms with Crippen LogP contribution in [-0.2, 0) is 4.79 Å². The molecule has 3 aliphatic heterocycles. The van der Waals surface area contributed by atoms with E-state index in [2.05, 4.69) is 0 Å². The zero-order chi connectivity index (χ0) is 25.1. The van der Waals surface area contributed by atoms with Crippen LogP contribution in [0.3, 0.4) is 0 Å². The van der Waals surface area contributed by atoms with E-state index >= 15 is 0 Å². The van der Waals surface area contributed by atoms with Crippen molar-refractivity contribution in [1.29, 1.82) is 0 Å². The van der Waals surface area contributed by atoms with Crippen molar-refractivity contribution in [2.45, 2.75) is 12.3 Å². The molecule has 1 unspecified atom stereocenters. The van der Waals surface area contributed by atoms with Gasteiger partial charge in [-0.2, -0.15) is 0 Å². The van der Waals surface area contributed by atoms with Crippen LogP contribution >= 0.6 is 0 Å². The van der Waals surface area contributed by atoms with Gasteiger partial charge in [-0.15, -0.1) is 0 Å². The monoisotopic (exact) mass is 494 g/mol. The van der Waals surface area contributed by atoms with Crippen LogP contribution in [0.1, 0.15) is 39.4 Å². The van der Waals surface area contributed by atoms with Gasteiger partial charge in [-0.1, -0.05) is 18.2 Å². The molecule has 0 fully saturated rings. The zero-order valence-electron chi connectivity index (χ0n) is 19.3. The molecular weight excluding hydrogens is 476 g/mol. The lowest BCUT2D eigenvalue weighted by Crippen LogP contribution is -2.25. The maximum Gasteiger partial charge on any atom is 0.312 e. The molecule has 0 amide bonds. The molecule has 4 heterocycles. The Hall–Kier alpha value is -4.85. The second-order valence-electron chi connectivity index (χ2n) is 8.94. The molecule has 182 valence electrons. The maximum absolute atomic E-state index is 13.4. The smallest absolute Gasteiger partial charge is 0.312 e. The van der Waals surface area contributed by atoms with Crippen molar-refractivity contribution in [2.24, 2.45) is 0 Å². The lowest BCUT2D eigenvalue weighted by molar-refractivity contribution is -0.135. The molecular formula is C29H18O8. The molecule has 3 aliphatic rings. The van der Waals surface area contributed by atoms with Crippen molar-refractivity contribution >= 4 is 28.8 Å². The molecule has 8 nitrogen and oxygen atoms in total. The van der Waals surface area contributed by atoms with E-state index in [0.717, 1.165) is 0 Å². The minimum Gasteiger partial charge on any atom is -0.486 e. The van der Waals surface area contributed by atoms with Gasteiger partial charge in [0.15, 0.2) is 22.7 Å². The standard InChI is InChI=1S/C29H18O8/c30-25-13-18(19-14-35-20-4-2-1-3-16(20)27(19)31)26-22(36-25)8-6-17-28(32)24(37-29(17)26)12-15-5-7-21-23(11-15)34-10-9-33-21/h1-8,11-12,14,18H,9-10,13H2. The van der Waals surface area contributed by atoms with Crippen LogP contribution < -0.4 is 24.4 Å². The number of Topliss-reactive ketones (excluding diaryl/α,β-unsaturated/α-hetero) is 1. The Morgan fingerprint density at radius 3 is 2.54 bits per heavy atom. The molecule has 3 aromatic carbocycles. The van der Waals surface area contributed by atoms with E-state index in [0.29, 0.717) is 57.9 Å². The van der Waals surface area contributed by atoms with Gasteiger partial charge in [-0.05, 0) is 48.0 Å². The van der Waals surface area contributed by atoms with Gasteiger partial charge >= 0.3 is 5.97 Å². The summed E-state index contributed by atoms with van der Waals surface area (Å²) in [5, 5.41) is 0.407. The number of esters is 1. The average Bonchev–Trinajstić information content (AvgIpc) is 3.23. The summed E-state index contributed by atoms with van der Waals surface area (Å²) >= 11 is 0. The quantitative estimate of drug-likeness (QED) is 0.226. The highest BCUT2D eigenvalue weighted by Crippen LogP contribution is 2.48. The van der Waals surface area contributed by atoms with Crippen LogP contribution in [0, 0.1) is 0 Å². The summed E-state index contributed by atoms with van der Waals surface area (Å²) in [6.07, 6.45) is 2.91. The van der Waals surface area contributed by atoms with Crippen molar-refractivity contribution in [3.8, 4) is 23.0 Å². The molecule has 1 atom stereocenters. The predicted octanol–water partition coefficient (Wildman–Crippen LogP) is 4.62. The Balaban J connectivity index is 1.33. The SMILES string of the molecule is O=C1CC(c2coc3ccccc3c2=O)c2c(ccc3c2OC(=Cc2ccc4c(c2)OCCO4)C3=O)O1. The molecule has 8 heteroatoms. The van der Waals surface area contributed by atoms with Crippen molar-refractivity contribution < 1.29 is 33.0 Å². The lowest BCUT2D eigenvalue weighted by Gasteiger charge is -2.25. The number of allylic oxidation sites excluding steroid dienone is 1. The fourth-order valence-electron chi connectivity index (χ4n) is 5.01. The molecule has 0 saturated heterocycles. The molecule has 0 saturated carbocycles. The number of benzene rings is 3. The molecule has 0 N–H and O–H groups in total. The van der Waals surface area contributed by atoms with Crippen LogP contribution in [0.2, 0.25) is 0 Å². The number of carbonyl (C=O) groups is 2. The summed E-state index contributed by atoms with van der Waals surface area (Å²) in [6, 6.07) is 15.4. The van der Waals surface area contributed by atoms with E-state index in [1.54, 1.807) is 60.7 Å². The number of ketones is 1. The molecule has 0 spiro atoms. The van der Waals surface area contributed by atoms with Crippen LogP contribution in [0.25, 0.3) is 17.0 Å². The van der Waals surface area contributed by atoms with Gasteiger partial charge in [0.25, 0.3) is 0 Å². The van der Waals surface area contributed by atoms with Gasteiger partial charge in [-0.3, -0.25) is 14.4 Å². The zero-order valence-corrected chi connectivity index (χ0v) is 19.3. The average molecular weight is 494 g/mol. The highest BCUT2D eigenvalue weighted by atomic mass is 16.6. The third-order valence-corrected chi connectivity index (χ3v) is 6.73. The first-order valence-electron chi connectivity index (χ1n) is 11.8. The number of para-hydroxylation sites is 1. The number of fused-ring (bicyclic) bond motifs is 5. The molecule has 37 heavy (non-hydrogen) atoms. The number of hydrogen-bond donors (Lipinski definition) is 0. The lowest BCUT2D eigenvalue weighted by atomic mass is 9.85. The summed E-state index contributed by atoms with van der Waals surface area (Å²) < 4.78 is 28.5. The number of rotatable bonds is 2. The van der Waals surface area contributed by atoms with Gasteiger partial charge in [0.1, 0.15) is 30.3 Å². The first kappa shape index (κ1) is 21.4. The second kappa shape index (κ2) is 8.09. The summed E-state index contributed by atoms with van der Waals surface area (Å²) in [5.74, 6) is 0.376. The van der Waals surface area contributed by atoms with Crippen LogP contribution in [0.4, 0.5) is 0 Å². The molecule has 0 radical (unpaired) electrons. The Morgan fingerprint density at radius 1 is 0.838 bits per heavy atom. The van der Waals surface area contributed by atoms with E-state index in [4.69, 9.17) is 23.4 Å². The van der Waals surface area contributed by atoms with E-state index in [-0.39, 0.29) is 34.9 Å². The topological polar surface area (TPSA) is 101 Å². The first-order valence-corrected chi connectivity index (χ1v) is 11.8. The number of carbonyl (C=O) groups excluding carboxylic acids is 2. The highest BCUT2D eigenvalue weighted by Gasteiger charge is 2.39. The van der Waals surface area contributed by atoms with Crippen LogP contribution in [-0.4, -0.2) is 25.0 Å². The number of ether oxygens (including phenoxy) is 4. The summed E-state index contributed by atoms with van der Waals surface area (Å²) in [6.45, 7) is 0.930. The minimum absolute atomic E-state index is 0.0920. The normalized spacial score (nSPS) is 18.8. The highest BCUT2D eigenvalue weighted by molar-refractivity contribution is 6.15. The summed E-state index contributed by atoms with van der Waals surface area (Å²) in [5.41, 5.74) is 2.00. The molecule has 0 bridgehead atoms. The van der Waals surface area contributed by atoms with E-state index in [1.807, 2.05) is 0 Å². The predicted molar refractivity (Wildman–Crippen MR) is 131 cm³/mol. The molecule has 7 rings (SSSR count). The Bertz CT molecular complexity index is 1730. The molecule has 4 aromatic rings. The Labute approximate surface area is 209 Å². The van der Waals surface area contributed by atoms with E-state index in [9.17, 15) is 14.4 Å². The Morgan fingerprint density at radius 2 is 1.65 bits per heavy atom. The second-order valence-corrected chi connectivity index (χ2v) is 8.94. The van der Waals surface area contributed by atoms with Crippen LogP contribution in [0.15, 0.2) is 75.8 Å². The minimum atomic E-state index is -0.700. The first-order chi connectivity index (χ1) is 18.1. The van der Waals surface area contributed by atoms with Crippen molar-refractivity contribution in [3.63, 3.8) is 0 Å². The van der Waals surface area contributed by atoms with E-state index in [1.165, 1.54) is 6.26 Å². The molecule has 1 aromatic heterocycles. The third-order valence-electron chi connectivity index (χ3n) is 6.73. The van der Waals surface area contributed by atoms with Gasteiger partial charge in [-0.25, -0.2) is 0 Å². The fraction of sp³-hybridized carbons (Fsp3) is 0.138. The maximum atomic E-state index is 13.4. The van der Waals surface area contributed by atoms with Gasteiger partial charge in [0, 0.05) is 17.0 Å². The largest absolute Gasteiger partial charge is 0.486 e. The van der Waals surface area contributed by atoms with Crippen molar-refractivity contribution in [3.05, 3.63) is 99.1 Å². The van der Waals surface area contributed by atoms with Gasteiger partial charge in [0.2, 0.25) is 5.78 Å². The summed E-state index contributed by atoms with van der Waals surface area (Å²) in [7, 11) is 0. The molecule has 0 aliphatic carbocycles. The van der Waals surface area contributed by atoms with Crippen molar-refractivity contribution in [2.75, 3.05) is 13.2 Å². The van der Waals surface area contributed by atoms with Gasteiger partial charge < -0.3 is 23.4 Å². The van der Waals surface area contributed by atoms with Gasteiger partial charge in [0.05, 0.1) is 23.6 Å². The van der Waals surface area contributed by atoms with Crippen molar-refractivity contribution in [1.82, 2.24) is 0 Å². The third kappa shape index (κ3) is 3.41.